The molecule has 1 amide bonds. The van der Waals surface area contributed by atoms with Crippen LogP contribution in [0.5, 0.6) is 0 Å². The average molecular weight is 321 g/mol. The molecule has 24 heavy (non-hydrogen) atoms. The summed E-state index contributed by atoms with van der Waals surface area (Å²) in [5.74, 6) is 0.259. The molecule has 122 valence electrons. The molecule has 1 aliphatic heterocycles. The molecule has 0 saturated carbocycles. The van der Waals surface area contributed by atoms with Crippen LogP contribution in [-0.2, 0) is 0 Å². The summed E-state index contributed by atoms with van der Waals surface area (Å²) >= 11 is 0. The molecule has 1 fully saturated rings. The number of para-hydroxylation sites is 1. The number of hydrogen-bond acceptors (Lipinski definition) is 5. The third-order valence-corrected chi connectivity index (χ3v) is 4.06. The third kappa shape index (κ3) is 3.69. The van der Waals surface area contributed by atoms with Crippen LogP contribution < -0.4 is 5.32 Å². The topological polar surface area (TPSA) is 81.9 Å². The van der Waals surface area contributed by atoms with E-state index in [4.69, 9.17) is 5.26 Å². The van der Waals surface area contributed by atoms with Crippen LogP contribution in [-0.4, -0.2) is 33.9 Å². The molecule has 0 bridgehead atoms. The highest BCUT2D eigenvalue weighted by Crippen LogP contribution is 2.18. The SMILES string of the molecule is N#Cc1ccccc1Nc1nccc(C(=O)N2CCCCCC2)n1. The first kappa shape index (κ1) is 15.9. The minimum atomic E-state index is -0.0593. The zero-order valence-electron chi connectivity index (χ0n) is 13.4. The molecule has 2 heterocycles. The van der Waals surface area contributed by atoms with Crippen molar-refractivity contribution in [3.63, 3.8) is 0 Å². The van der Waals surface area contributed by atoms with Crippen molar-refractivity contribution >= 4 is 17.5 Å². The summed E-state index contributed by atoms with van der Waals surface area (Å²) in [5, 5.41) is 12.2. The number of hydrogen-bond donors (Lipinski definition) is 1. The van der Waals surface area contributed by atoms with Crippen molar-refractivity contribution in [2.45, 2.75) is 25.7 Å². The molecule has 3 rings (SSSR count). The largest absolute Gasteiger partial charge is 0.337 e. The van der Waals surface area contributed by atoms with Crippen molar-refractivity contribution in [2.75, 3.05) is 18.4 Å². The predicted molar refractivity (Wildman–Crippen MR) is 90.8 cm³/mol. The van der Waals surface area contributed by atoms with E-state index < -0.39 is 0 Å². The second-order valence-corrected chi connectivity index (χ2v) is 5.75. The average Bonchev–Trinajstić information content (AvgIpc) is 2.91. The molecule has 1 aliphatic rings. The van der Waals surface area contributed by atoms with Gasteiger partial charge in [-0.15, -0.1) is 0 Å². The van der Waals surface area contributed by atoms with Gasteiger partial charge in [0.05, 0.1) is 11.3 Å². The molecule has 0 spiro atoms. The fourth-order valence-corrected chi connectivity index (χ4v) is 2.78. The van der Waals surface area contributed by atoms with Gasteiger partial charge in [-0.2, -0.15) is 5.26 Å². The van der Waals surface area contributed by atoms with Gasteiger partial charge in [0.15, 0.2) is 0 Å². The fourth-order valence-electron chi connectivity index (χ4n) is 2.78. The van der Waals surface area contributed by atoms with E-state index in [1.807, 2.05) is 11.0 Å². The summed E-state index contributed by atoms with van der Waals surface area (Å²) in [5.41, 5.74) is 1.51. The highest BCUT2D eigenvalue weighted by atomic mass is 16.2. The zero-order valence-corrected chi connectivity index (χ0v) is 13.4. The highest BCUT2D eigenvalue weighted by Gasteiger charge is 2.19. The second kappa shape index (κ2) is 7.55. The van der Waals surface area contributed by atoms with E-state index in [1.165, 1.54) is 12.8 Å². The number of nitriles is 1. The van der Waals surface area contributed by atoms with Gasteiger partial charge >= 0.3 is 0 Å². The van der Waals surface area contributed by atoms with E-state index in [0.717, 1.165) is 25.9 Å². The lowest BCUT2D eigenvalue weighted by Crippen LogP contribution is -2.32. The van der Waals surface area contributed by atoms with Crippen molar-refractivity contribution in [1.82, 2.24) is 14.9 Å². The van der Waals surface area contributed by atoms with E-state index in [9.17, 15) is 4.79 Å². The fraction of sp³-hybridized carbons (Fsp3) is 0.333. The minimum absolute atomic E-state index is 0.0593. The van der Waals surface area contributed by atoms with Crippen LogP contribution in [0, 0.1) is 11.3 Å². The zero-order chi connectivity index (χ0) is 16.8. The maximum absolute atomic E-state index is 12.6. The first-order valence-corrected chi connectivity index (χ1v) is 8.16. The Morgan fingerprint density at radius 2 is 1.88 bits per heavy atom. The number of amides is 1. The number of anilines is 2. The summed E-state index contributed by atoms with van der Waals surface area (Å²) in [6.07, 6.45) is 5.99. The monoisotopic (exact) mass is 321 g/mol. The van der Waals surface area contributed by atoms with Gasteiger partial charge in [0, 0.05) is 19.3 Å². The quantitative estimate of drug-likeness (QED) is 0.939. The van der Waals surface area contributed by atoms with Crippen LogP contribution in [0.15, 0.2) is 36.5 Å². The molecule has 0 aliphatic carbocycles. The first-order valence-electron chi connectivity index (χ1n) is 8.16. The number of carbonyl (C=O) groups is 1. The second-order valence-electron chi connectivity index (χ2n) is 5.75. The van der Waals surface area contributed by atoms with Gasteiger partial charge in [0.2, 0.25) is 5.95 Å². The van der Waals surface area contributed by atoms with E-state index in [2.05, 4.69) is 21.4 Å². The molecule has 1 aromatic carbocycles. The summed E-state index contributed by atoms with van der Waals surface area (Å²) in [7, 11) is 0. The summed E-state index contributed by atoms with van der Waals surface area (Å²) in [4.78, 5) is 23.0. The Hall–Kier alpha value is -2.94. The maximum Gasteiger partial charge on any atom is 0.272 e. The Bertz CT molecular complexity index is 760. The number of rotatable bonds is 3. The van der Waals surface area contributed by atoms with Crippen molar-refractivity contribution in [1.29, 1.82) is 5.26 Å². The summed E-state index contributed by atoms with van der Waals surface area (Å²) in [6.45, 7) is 1.56. The van der Waals surface area contributed by atoms with Crippen LogP contribution in [0.1, 0.15) is 41.7 Å². The molecular weight excluding hydrogens is 302 g/mol. The molecule has 1 N–H and O–H groups in total. The van der Waals surface area contributed by atoms with Crippen LogP contribution in [0.4, 0.5) is 11.6 Å². The van der Waals surface area contributed by atoms with Gasteiger partial charge in [-0.25, -0.2) is 9.97 Å². The molecule has 2 aromatic rings. The van der Waals surface area contributed by atoms with Crippen molar-refractivity contribution in [2.24, 2.45) is 0 Å². The number of carbonyl (C=O) groups excluding carboxylic acids is 1. The third-order valence-electron chi connectivity index (χ3n) is 4.06. The normalized spacial score (nSPS) is 14.5. The lowest BCUT2D eigenvalue weighted by molar-refractivity contribution is 0.0755. The van der Waals surface area contributed by atoms with E-state index >= 15 is 0 Å². The van der Waals surface area contributed by atoms with Crippen LogP contribution in [0.3, 0.4) is 0 Å². The van der Waals surface area contributed by atoms with Gasteiger partial charge in [0.1, 0.15) is 11.8 Å². The van der Waals surface area contributed by atoms with Crippen molar-refractivity contribution in [3.8, 4) is 6.07 Å². The lowest BCUT2D eigenvalue weighted by atomic mass is 10.2. The number of aromatic nitrogens is 2. The molecule has 0 atom stereocenters. The van der Waals surface area contributed by atoms with Crippen molar-refractivity contribution in [3.05, 3.63) is 47.8 Å². The molecule has 1 saturated heterocycles. The van der Waals surface area contributed by atoms with E-state index in [0.29, 0.717) is 22.9 Å². The Labute approximate surface area is 141 Å². The minimum Gasteiger partial charge on any atom is -0.337 e. The summed E-state index contributed by atoms with van der Waals surface area (Å²) < 4.78 is 0. The van der Waals surface area contributed by atoms with Gasteiger partial charge in [-0.3, -0.25) is 4.79 Å². The maximum atomic E-state index is 12.6. The van der Waals surface area contributed by atoms with Gasteiger partial charge < -0.3 is 10.2 Å². The van der Waals surface area contributed by atoms with Gasteiger partial charge in [-0.05, 0) is 31.0 Å². The molecule has 1 aromatic heterocycles. The Morgan fingerprint density at radius 3 is 2.62 bits per heavy atom. The summed E-state index contributed by atoms with van der Waals surface area (Å²) in [6, 6.07) is 10.9. The highest BCUT2D eigenvalue weighted by molar-refractivity contribution is 5.92. The lowest BCUT2D eigenvalue weighted by Gasteiger charge is -2.19. The van der Waals surface area contributed by atoms with Gasteiger partial charge in [0.25, 0.3) is 5.91 Å². The Kier molecular flexibility index (Phi) is 5.02. The Balaban J connectivity index is 1.79. The first-order chi connectivity index (χ1) is 11.8. The van der Waals surface area contributed by atoms with E-state index in [-0.39, 0.29) is 5.91 Å². The number of nitrogens with zero attached hydrogens (tertiary/aromatic N) is 4. The smallest absolute Gasteiger partial charge is 0.272 e. The van der Waals surface area contributed by atoms with Crippen LogP contribution in [0.2, 0.25) is 0 Å². The molecule has 0 radical (unpaired) electrons. The number of likely N-dealkylation sites (tertiary alicyclic amines) is 1. The number of benzene rings is 1. The van der Waals surface area contributed by atoms with Gasteiger partial charge in [-0.1, -0.05) is 25.0 Å². The molecule has 6 nitrogen and oxygen atoms in total. The van der Waals surface area contributed by atoms with Crippen molar-refractivity contribution < 1.29 is 4.79 Å². The molecule has 6 heteroatoms. The predicted octanol–water partition coefficient (Wildman–Crippen LogP) is 3.11. The standard InChI is InChI=1S/C18H19N5O/c19-13-14-7-3-4-8-15(14)21-18-20-10-9-16(22-18)17(24)23-11-5-1-2-6-12-23/h3-4,7-10H,1-2,5-6,11-12H2,(H,20,21,22). The van der Waals surface area contributed by atoms with E-state index in [1.54, 1.807) is 30.5 Å². The Morgan fingerprint density at radius 1 is 1.12 bits per heavy atom. The molecular formula is C18H19N5O. The van der Waals surface area contributed by atoms with Crippen LogP contribution in [0.25, 0.3) is 0 Å². The van der Waals surface area contributed by atoms with Crippen LogP contribution >= 0.6 is 0 Å². The molecule has 0 unspecified atom stereocenters. The number of nitrogens with one attached hydrogen (secondary N) is 1.